The summed E-state index contributed by atoms with van der Waals surface area (Å²) in [5.41, 5.74) is 0.989. The van der Waals surface area contributed by atoms with Gasteiger partial charge in [-0.15, -0.1) is 0 Å². The zero-order chi connectivity index (χ0) is 15.8. The third-order valence-electron chi connectivity index (χ3n) is 2.97. The molecule has 0 aliphatic heterocycles. The molecule has 0 aliphatic carbocycles. The van der Waals surface area contributed by atoms with Crippen LogP contribution < -0.4 is 16.0 Å². The van der Waals surface area contributed by atoms with Crippen molar-refractivity contribution < 1.29 is 9.59 Å². The molecular formula is C15H22ClN3O2. The third-order valence-corrected chi connectivity index (χ3v) is 3.23. The van der Waals surface area contributed by atoms with E-state index in [0.29, 0.717) is 10.9 Å². The maximum Gasteiger partial charge on any atom is 0.315 e. The van der Waals surface area contributed by atoms with Crippen LogP contribution in [0.2, 0.25) is 5.02 Å². The van der Waals surface area contributed by atoms with E-state index in [4.69, 9.17) is 11.6 Å². The quantitative estimate of drug-likeness (QED) is 0.755. The topological polar surface area (TPSA) is 70.2 Å². The Bertz CT molecular complexity index is 474. The highest BCUT2D eigenvalue weighted by atomic mass is 35.5. The SMILES string of the molecule is CNC(=O)CNC(=O)N[C@@H](CC(C)C)c1ccc(Cl)cc1. The number of hydrogen-bond donors (Lipinski definition) is 3. The molecule has 116 valence electrons. The monoisotopic (exact) mass is 311 g/mol. The van der Waals surface area contributed by atoms with Crippen molar-refractivity contribution in [3.05, 3.63) is 34.9 Å². The van der Waals surface area contributed by atoms with Crippen LogP contribution in [-0.2, 0) is 4.79 Å². The molecule has 3 amide bonds. The summed E-state index contributed by atoms with van der Waals surface area (Å²) in [5.74, 6) is 0.182. The Morgan fingerprint density at radius 3 is 2.33 bits per heavy atom. The van der Waals surface area contributed by atoms with Crippen LogP contribution in [0.1, 0.15) is 31.9 Å². The first kappa shape index (κ1) is 17.3. The van der Waals surface area contributed by atoms with Gasteiger partial charge in [0.25, 0.3) is 0 Å². The number of carbonyl (C=O) groups excluding carboxylic acids is 2. The molecule has 0 spiro atoms. The second kappa shape index (κ2) is 8.52. The Kier molecular flexibility index (Phi) is 7.02. The maximum atomic E-state index is 11.9. The standard InChI is InChI=1S/C15H22ClN3O2/c1-10(2)8-13(11-4-6-12(16)7-5-11)19-15(21)18-9-14(20)17-3/h4-7,10,13H,8-9H2,1-3H3,(H,17,20)(H2,18,19,21)/t13-/m0/s1. The second-order valence-corrected chi connectivity index (χ2v) is 5.67. The van der Waals surface area contributed by atoms with Crippen LogP contribution in [0.4, 0.5) is 4.79 Å². The van der Waals surface area contributed by atoms with Gasteiger partial charge in [-0.25, -0.2) is 4.79 Å². The molecule has 5 nitrogen and oxygen atoms in total. The first-order valence-corrected chi connectivity index (χ1v) is 7.30. The molecule has 1 rings (SSSR count). The summed E-state index contributed by atoms with van der Waals surface area (Å²) in [6, 6.07) is 6.91. The van der Waals surface area contributed by atoms with Crippen molar-refractivity contribution in [1.82, 2.24) is 16.0 Å². The molecule has 0 aromatic heterocycles. The lowest BCUT2D eigenvalue weighted by Gasteiger charge is -2.21. The lowest BCUT2D eigenvalue weighted by Crippen LogP contribution is -2.42. The number of likely N-dealkylation sites (N-methyl/N-ethyl adjacent to an activating group) is 1. The fourth-order valence-electron chi connectivity index (χ4n) is 1.90. The van der Waals surface area contributed by atoms with Crippen molar-refractivity contribution in [3.8, 4) is 0 Å². The van der Waals surface area contributed by atoms with Gasteiger partial charge in [-0.2, -0.15) is 0 Å². The van der Waals surface area contributed by atoms with Gasteiger partial charge >= 0.3 is 6.03 Å². The Labute approximate surface area is 130 Å². The van der Waals surface area contributed by atoms with Crippen molar-refractivity contribution in [2.24, 2.45) is 5.92 Å². The van der Waals surface area contributed by atoms with Crippen LogP contribution in [0.3, 0.4) is 0 Å². The normalized spacial score (nSPS) is 11.9. The van der Waals surface area contributed by atoms with Crippen molar-refractivity contribution in [3.63, 3.8) is 0 Å². The van der Waals surface area contributed by atoms with Crippen LogP contribution in [0.5, 0.6) is 0 Å². The Morgan fingerprint density at radius 1 is 1.19 bits per heavy atom. The van der Waals surface area contributed by atoms with Gasteiger partial charge in [-0.3, -0.25) is 4.79 Å². The number of amides is 3. The summed E-state index contributed by atoms with van der Waals surface area (Å²) in [6.45, 7) is 4.14. The predicted molar refractivity (Wildman–Crippen MR) is 84.2 cm³/mol. The van der Waals surface area contributed by atoms with Gasteiger partial charge in [-0.05, 0) is 30.0 Å². The van der Waals surface area contributed by atoms with E-state index in [1.165, 1.54) is 7.05 Å². The summed E-state index contributed by atoms with van der Waals surface area (Å²) >= 11 is 5.88. The number of carbonyl (C=O) groups is 2. The Hall–Kier alpha value is -1.75. The van der Waals surface area contributed by atoms with E-state index in [9.17, 15) is 9.59 Å². The number of hydrogen-bond acceptors (Lipinski definition) is 2. The molecule has 0 bridgehead atoms. The van der Waals surface area contributed by atoms with Crippen molar-refractivity contribution >= 4 is 23.5 Å². The smallest absolute Gasteiger partial charge is 0.315 e. The predicted octanol–water partition coefficient (Wildman–Crippen LogP) is 2.47. The minimum absolute atomic E-state index is 0.0443. The molecule has 1 aromatic carbocycles. The van der Waals surface area contributed by atoms with E-state index in [2.05, 4.69) is 29.8 Å². The molecule has 0 radical (unpaired) electrons. The molecule has 0 saturated heterocycles. The molecule has 0 heterocycles. The molecule has 6 heteroatoms. The first-order chi connectivity index (χ1) is 9.92. The minimum Gasteiger partial charge on any atom is -0.358 e. The van der Waals surface area contributed by atoms with Crippen molar-refractivity contribution in [2.45, 2.75) is 26.3 Å². The fourth-order valence-corrected chi connectivity index (χ4v) is 2.03. The highest BCUT2D eigenvalue weighted by molar-refractivity contribution is 6.30. The maximum absolute atomic E-state index is 11.9. The Morgan fingerprint density at radius 2 is 1.81 bits per heavy atom. The summed E-state index contributed by atoms with van der Waals surface area (Å²) in [7, 11) is 1.52. The summed E-state index contributed by atoms with van der Waals surface area (Å²) in [4.78, 5) is 23.0. The average molecular weight is 312 g/mol. The van der Waals surface area contributed by atoms with Gasteiger partial charge in [0.1, 0.15) is 0 Å². The van der Waals surface area contributed by atoms with E-state index < -0.39 is 0 Å². The van der Waals surface area contributed by atoms with Crippen LogP contribution in [0.25, 0.3) is 0 Å². The molecule has 21 heavy (non-hydrogen) atoms. The molecule has 1 atom stereocenters. The molecule has 3 N–H and O–H groups in total. The van der Waals surface area contributed by atoms with Gasteiger partial charge in [-0.1, -0.05) is 37.6 Å². The summed E-state index contributed by atoms with van der Waals surface area (Å²) in [6.07, 6.45) is 0.801. The molecule has 0 fully saturated rings. The number of urea groups is 1. The van der Waals surface area contributed by atoms with Crippen LogP contribution >= 0.6 is 11.6 Å². The van der Waals surface area contributed by atoms with Gasteiger partial charge < -0.3 is 16.0 Å². The van der Waals surface area contributed by atoms with Crippen LogP contribution in [0, 0.1) is 5.92 Å². The lowest BCUT2D eigenvalue weighted by molar-refractivity contribution is -0.119. The second-order valence-electron chi connectivity index (χ2n) is 5.23. The minimum atomic E-state index is -0.362. The molecule has 0 aliphatic rings. The van der Waals surface area contributed by atoms with Gasteiger partial charge in [0, 0.05) is 12.1 Å². The average Bonchev–Trinajstić information content (AvgIpc) is 2.44. The third kappa shape index (κ3) is 6.49. The van der Waals surface area contributed by atoms with E-state index in [1.807, 2.05) is 12.1 Å². The molecule has 1 aromatic rings. The van der Waals surface area contributed by atoms with E-state index >= 15 is 0 Å². The zero-order valence-corrected chi connectivity index (χ0v) is 13.3. The Balaban J connectivity index is 2.67. The van der Waals surface area contributed by atoms with E-state index in [-0.39, 0.29) is 24.5 Å². The lowest BCUT2D eigenvalue weighted by atomic mass is 9.97. The largest absolute Gasteiger partial charge is 0.358 e. The van der Waals surface area contributed by atoms with Crippen molar-refractivity contribution in [2.75, 3.05) is 13.6 Å². The zero-order valence-electron chi connectivity index (χ0n) is 12.6. The van der Waals surface area contributed by atoms with E-state index in [0.717, 1.165) is 12.0 Å². The molecule has 0 saturated carbocycles. The first-order valence-electron chi connectivity index (χ1n) is 6.92. The molecule has 0 unspecified atom stereocenters. The number of rotatable bonds is 6. The van der Waals surface area contributed by atoms with Crippen molar-refractivity contribution in [1.29, 1.82) is 0 Å². The highest BCUT2D eigenvalue weighted by Gasteiger charge is 2.16. The number of nitrogens with one attached hydrogen (secondary N) is 3. The fraction of sp³-hybridized carbons (Fsp3) is 0.467. The van der Waals surface area contributed by atoms with Gasteiger partial charge in [0.15, 0.2) is 0 Å². The van der Waals surface area contributed by atoms with Gasteiger partial charge in [0.05, 0.1) is 12.6 Å². The summed E-state index contributed by atoms with van der Waals surface area (Å²) in [5, 5.41) is 8.53. The number of halogens is 1. The summed E-state index contributed by atoms with van der Waals surface area (Å²) < 4.78 is 0. The number of benzene rings is 1. The van der Waals surface area contributed by atoms with Crippen LogP contribution in [0.15, 0.2) is 24.3 Å². The highest BCUT2D eigenvalue weighted by Crippen LogP contribution is 2.22. The molecular weight excluding hydrogens is 290 g/mol. The van der Waals surface area contributed by atoms with Crippen LogP contribution in [-0.4, -0.2) is 25.5 Å². The van der Waals surface area contributed by atoms with Gasteiger partial charge in [0.2, 0.25) is 5.91 Å². The van der Waals surface area contributed by atoms with E-state index in [1.54, 1.807) is 12.1 Å².